The van der Waals surface area contributed by atoms with E-state index in [9.17, 15) is 4.79 Å². The van der Waals surface area contributed by atoms with E-state index >= 15 is 0 Å². The van der Waals surface area contributed by atoms with Crippen LogP contribution in [-0.2, 0) is 4.79 Å². The van der Waals surface area contributed by atoms with Gasteiger partial charge in [-0.3, -0.25) is 4.79 Å². The number of anilines is 1. The Kier molecular flexibility index (Phi) is 6.29. The number of amides is 1. The summed E-state index contributed by atoms with van der Waals surface area (Å²) in [5.74, 6) is 0.953. The van der Waals surface area contributed by atoms with Crippen molar-refractivity contribution in [3.63, 3.8) is 0 Å². The number of carbonyl (C=O) groups is 1. The fraction of sp³-hybridized carbons (Fsp3) is 0.200. The van der Waals surface area contributed by atoms with E-state index in [0.29, 0.717) is 29.0 Å². The summed E-state index contributed by atoms with van der Waals surface area (Å²) in [7, 11) is 0. The summed E-state index contributed by atoms with van der Waals surface area (Å²) in [6.07, 6.45) is 0. The Hall–Kier alpha value is -3.31. The fourth-order valence-electron chi connectivity index (χ4n) is 2.31. The lowest BCUT2D eigenvalue weighted by Gasteiger charge is -2.09. The highest BCUT2D eigenvalue weighted by Crippen LogP contribution is 2.27. The zero-order valence-corrected chi connectivity index (χ0v) is 16.2. The molecule has 142 valence electrons. The van der Waals surface area contributed by atoms with Crippen molar-refractivity contribution >= 4 is 23.4 Å². The molecule has 0 fully saturated rings. The van der Waals surface area contributed by atoms with Crippen molar-refractivity contribution in [1.29, 1.82) is 5.26 Å². The van der Waals surface area contributed by atoms with Gasteiger partial charge in [0.15, 0.2) is 0 Å². The molecular formula is C20H18N4O3S. The molecule has 0 spiro atoms. The number of benzene rings is 2. The van der Waals surface area contributed by atoms with E-state index in [1.807, 2.05) is 37.3 Å². The van der Waals surface area contributed by atoms with Gasteiger partial charge in [0, 0.05) is 11.3 Å². The van der Waals surface area contributed by atoms with Gasteiger partial charge >= 0.3 is 0 Å². The second-order valence-electron chi connectivity index (χ2n) is 5.77. The number of hydrogen-bond donors (Lipinski definition) is 1. The molecule has 0 saturated carbocycles. The largest absolute Gasteiger partial charge is 0.494 e. The van der Waals surface area contributed by atoms with Crippen LogP contribution in [0.5, 0.6) is 5.75 Å². The maximum absolute atomic E-state index is 12.3. The van der Waals surface area contributed by atoms with E-state index in [2.05, 4.69) is 15.5 Å². The van der Waals surface area contributed by atoms with Gasteiger partial charge in [-0.2, -0.15) is 5.26 Å². The third-order valence-corrected chi connectivity index (χ3v) is 4.68. The summed E-state index contributed by atoms with van der Waals surface area (Å²) in [5.41, 5.74) is 1.93. The van der Waals surface area contributed by atoms with Crippen molar-refractivity contribution in [3.8, 4) is 23.3 Å². The first-order chi connectivity index (χ1) is 13.6. The lowest BCUT2D eigenvalue weighted by molar-refractivity contribution is -0.115. The van der Waals surface area contributed by atoms with Crippen molar-refractivity contribution < 1.29 is 13.9 Å². The minimum atomic E-state index is -0.440. The molecule has 0 saturated heterocycles. The molecule has 2 aromatic carbocycles. The lowest BCUT2D eigenvalue weighted by atomic mass is 10.2. The topological polar surface area (TPSA) is 101 Å². The maximum Gasteiger partial charge on any atom is 0.277 e. The number of hydrogen-bond acceptors (Lipinski definition) is 7. The predicted molar refractivity (Wildman–Crippen MR) is 106 cm³/mol. The molecule has 3 rings (SSSR count). The predicted octanol–water partition coefficient (Wildman–Crippen LogP) is 4.13. The summed E-state index contributed by atoms with van der Waals surface area (Å²) < 4.78 is 11.1. The first kappa shape index (κ1) is 19.5. The number of ether oxygens (including phenoxy) is 1. The van der Waals surface area contributed by atoms with Crippen LogP contribution < -0.4 is 10.1 Å². The van der Waals surface area contributed by atoms with Gasteiger partial charge in [-0.15, -0.1) is 10.2 Å². The number of nitrogens with zero attached hydrogens (tertiary/aromatic N) is 3. The monoisotopic (exact) mass is 394 g/mol. The minimum Gasteiger partial charge on any atom is -0.494 e. The first-order valence-corrected chi connectivity index (χ1v) is 9.51. The third-order valence-electron chi connectivity index (χ3n) is 3.75. The van der Waals surface area contributed by atoms with Crippen molar-refractivity contribution in [3.05, 3.63) is 54.1 Å². The van der Waals surface area contributed by atoms with Gasteiger partial charge in [-0.1, -0.05) is 11.8 Å². The smallest absolute Gasteiger partial charge is 0.277 e. The molecule has 3 aromatic rings. The molecule has 1 N–H and O–H groups in total. The van der Waals surface area contributed by atoms with E-state index in [1.165, 1.54) is 11.8 Å². The summed E-state index contributed by atoms with van der Waals surface area (Å²) in [6.45, 7) is 4.28. The molecule has 0 aliphatic carbocycles. The normalized spacial score (nSPS) is 11.5. The van der Waals surface area contributed by atoms with Gasteiger partial charge in [0.2, 0.25) is 11.8 Å². The Bertz CT molecular complexity index is 978. The fourth-order valence-corrected chi connectivity index (χ4v) is 2.99. The molecule has 8 heteroatoms. The molecule has 1 amide bonds. The summed E-state index contributed by atoms with van der Waals surface area (Å²) in [5, 5.41) is 19.5. The Morgan fingerprint density at radius 3 is 2.57 bits per heavy atom. The third kappa shape index (κ3) is 4.90. The van der Waals surface area contributed by atoms with Crippen molar-refractivity contribution in [2.45, 2.75) is 24.3 Å². The zero-order valence-electron chi connectivity index (χ0n) is 15.4. The zero-order chi connectivity index (χ0) is 19.9. The van der Waals surface area contributed by atoms with Gasteiger partial charge < -0.3 is 14.5 Å². The van der Waals surface area contributed by atoms with E-state index in [0.717, 1.165) is 11.3 Å². The number of nitrogens with one attached hydrogen (secondary N) is 1. The quantitative estimate of drug-likeness (QED) is 0.601. The molecule has 0 aliphatic rings. The van der Waals surface area contributed by atoms with E-state index < -0.39 is 5.25 Å². The molecule has 0 unspecified atom stereocenters. The van der Waals surface area contributed by atoms with Crippen LogP contribution in [0, 0.1) is 11.3 Å². The van der Waals surface area contributed by atoms with E-state index in [1.54, 1.807) is 31.2 Å². The maximum atomic E-state index is 12.3. The highest BCUT2D eigenvalue weighted by molar-refractivity contribution is 8.00. The van der Waals surface area contributed by atoms with Crippen molar-refractivity contribution in [2.24, 2.45) is 0 Å². The molecular weight excluding hydrogens is 376 g/mol. The van der Waals surface area contributed by atoms with Crippen LogP contribution in [0.25, 0.3) is 11.5 Å². The van der Waals surface area contributed by atoms with Crippen LogP contribution in [0.2, 0.25) is 0 Å². The van der Waals surface area contributed by atoms with Gasteiger partial charge in [-0.25, -0.2) is 0 Å². The Balaban J connectivity index is 1.60. The van der Waals surface area contributed by atoms with Crippen LogP contribution in [0.1, 0.15) is 19.4 Å². The molecule has 0 bridgehead atoms. The summed E-state index contributed by atoms with van der Waals surface area (Å²) in [4.78, 5) is 12.3. The van der Waals surface area contributed by atoms with Crippen LogP contribution in [0.4, 0.5) is 5.69 Å². The SMILES string of the molecule is CCOc1ccc(-c2nnc(S[C@@H](C)C(=O)Nc3ccc(C#N)cc3)o2)cc1. The number of rotatable bonds is 7. The number of aromatic nitrogens is 2. The average molecular weight is 394 g/mol. The average Bonchev–Trinajstić information content (AvgIpc) is 3.18. The minimum absolute atomic E-state index is 0.199. The molecule has 28 heavy (non-hydrogen) atoms. The molecule has 1 atom stereocenters. The second-order valence-corrected chi connectivity index (χ2v) is 7.06. The van der Waals surface area contributed by atoms with E-state index in [-0.39, 0.29) is 5.91 Å². The van der Waals surface area contributed by atoms with Crippen LogP contribution in [0.15, 0.2) is 58.2 Å². The standard InChI is InChI=1S/C20H18N4O3S/c1-3-26-17-10-6-15(7-11-17)19-23-24-20(27-19)28-13(2)18(25)22-16-8-4-14(12-21)5-9-16/h4-11,13H,3H2,1-2H3,(H,22,25)/t13-/m0/s1. The molecule has 1 aromatic heterocycles. The van der Waals surface area contributed by atoms with Gasteiger partial charge in [-0.05, 0) is 62.4 Å². The second kappa shape index (κ2) is 9.06. The van der Waals surface area contributed by atoms with E-state index in [4.69, 9.17) is 14.4 Å². The Labute approximate surface area is 166 Å². The number of nitriles is 1. The lowest BCUT2D eigenvalue weighted by Crippen LogP contribution is -2.22. The highest BCUT2D eigenvalue weighted by atomic mass is 32.2. The Morgan fingerprint density at radius 1 is 1.21 bits per heavy atom. The molecule has 7 nitrogen and oxygen atoms in total. The summed E-state index contributed by atoms with van der Waals surface area (Å²) in [6, 6.07) is 16.1. The van der Waals surface area contributed by atoms with Crippen LogP contribution >= 0.6 is 11.8 Å². The van der Waals surface area contributed by atoms with Crippen LogP contribution in [0.3, 0.4) is 0 Å². The first-order valence-electron chi connectivity index (χ1n) is 8.63. The number of carbonyl (C=O) groups excluding carboxylic acids is 1. The summed E-state index contributed by atoms with van der Waals surface area (Å²) >= 11 is 1.18. The van der Waals surface area contributed by atoms with Crippen molar-refractivity contribution in [1.82, 2.24) is 10.2 Å². The molecule has 0 aliphatic heterocycles. The Morgan fingerprint density at radius 2 is 1.93 bits per heavy atom. The highest BCUT2D eigenvalue weighted by Gasteiger charge is 2.19. The van der Waals surface area contributed by atoms with Gasteiger partial charge in [0.1, 0.15) is 5.75 Å². The van der Waals surface area contributed by atoms with Crippen LogP contribution in [-0.4, -0.2) is 28.0 Å². The number of thioether (sulfide) groups is 1. The molecule has 1 heterocycles. The van der Waals surface area contributed by atoms with Gasteiger partial charge in [0.25, 0.3) is 5.22 Å². The van der Waals surface area contributed by atoms with Gasteiger partial charge in [0.05, 0.1) is 23.5 Å². The van der Waals surface area contributed by atoms with Crippen molar-refractivity contribution in [2.75, 3.05) is 11.9 Å². The molecule has 0 radical (unpaired) electrons.